The molecule has 0 atom stereocenters. The Kier molecular flexibility index (Phi) is 4.98. The van der Waals surface area contributed by atoms with E-state index < -0.39 is 0 Å². The van der Waals surface area contributed by atoms with Gasteiger partial charge in [-0.05, 0) is 42.6 Å². The molecule has 0 fully saturated rings. The van der Waals surface area contributed by atoms with Crippen molar-refractivity contribution >= 4 is 17.2 Å². The van der Waals surface area contributed by atoms with Gasteiger partial charge in [-0.1, -0.05) is 11.2 Å². The van der Waals surface area contributed by atoms with Gasteiger partial charge in [0.05, 0.1) is 6.54 Å². The maximum absolute atomic E-state index is 13.0. The minimum absolute atomic E-state index is 0.111. The van der Waals surface area contributed by atoms with E-state index >= 15 is 0 Å². The Morgan fingerprint density at radius 1 is 1.25 bits per heavy atom. The molecule has 1 N–H and O–H groups in total. The number of aryl methyl sites for hydroxylation is 1. The molecule has 0 radical (unpaired) electrons. The lowest BCUT2D eigenvalue weighted by molar-refractivity contribution is -0.121. The molecule has 1 aromatic carbocycles. The number of thiophene rings is 1. The number of rotatable bonds is 6. The van der Waals surface area contributed by atoms with Crippen LogP contribution < -0.4 is 5.32 Å². The lowest BCUT2D eigenvalue weighted by Gasteiger charge is -2.05. The first-order valence-electron chi connectivity index (χ1n) is 8.51. The summed E-state index contributed by atoms with van der Waals surface area (Å²) in [6.07, 6.45) is 1.71. The number of imidazole rings is 1. The lowest BCUT2D eigenvalue weighted by Crippen LogP contribution is -2.26. The van der Waals surface area contributed by atoms with Crippen molar-refractivity contribution in [1.29, 1.82) is 0 Å². The maximum Gasteiger partial charge on any atom is 0.258 e. The maximum atomic E-state index is 13.0. The van der Waals surface area contributed by atoms with Gasteiger partial charge in [0.1, 0.15) is 23.9 Å². The zero-order valence-corrected chi connectivity index (χ0v) is 15.7. The monoisotopic (exact) mass is 397 g/mol. The van der Waals surface area contributed by atoms with Gasteiger partial charge in [0.15, 0.2) is 0 Å². The van der Waals surface area contributed by atoms with Crippen molar-refractivity contribution in [3.05, 3.63) is 64.5 Å². The van der Waals surface area contributed by atoms with E-state index in [1.54, 1.807) is 41.2 Å². The van der Waals surface area contributed by atoms with Gasteiger partial charge in [0, 0.05) is 16.6 Å². The molecule has 142 valence electrons. The number of amides is 1. The molecular formula is C19H16FN5O2S. The summed E-state index contributed by atoms with van der Waals surface area (Å²) in [5.41, 5.74) is 1.12. The van der Waals surface area contributed by atoms with Gasteiger partial charge in [0.2, 0.25) is 11.7 Å². The van der Waals surface area contributed by atoms with E-state index in [9.17, 15) is 9.18 Å². The molecule has 28 heavy (non-hydrogen) atoms. The summed E-state index contributed by atoms with van der Waals surface area (Å²) in [6.45, 7) is 2.45. The Bertz CT molecular complexity index is 1090. The van der Waals surface area contributed by atoms with Crippen molar-refractivity contribution < 1.29 is 13.7 Å². The van der Waals surface area contributed by atoms with Gasteiger partial charge in [-0.2, -0.15) is 4.98 Å². The van der Waals surface area contributed by atoms with Crippen LogP contribution in [0.15, 0.2) is 52.5 Å². The van der Waals surface area contributed by atoms with Crippen LogP contribution in [-0.4, -0.2) is 25.6 Å². The number of nitrogens with one attached hydrogen (secondary N) is 1. The van der Waals surface area contributed by atoms with Gasteiger partial charge in [-0.3, -0.25) is 4.79 Å². The zero-order valence-electron chi connectivity index (χ0n) is 14.9. The average molecular weight is 397 g/mol. The molecule has 4 rings (SSSR count). The summed E-state index contributed by atoms with van der Waals surface area (Å²) in [6, 6.07) is 9.70. The van der Waals surface area contributed by atoms with E-state index in [0.717, 1.165) is 4.88 Å². The van der Waals surface area contributed by atoms with Crippen molar-refractivity contribution in [3.63, 3.8) is 0 Å². The standard InChI is InChI=1S/C19H16FN5O2S/c1-12-22-16(10-25(12)11-17(26)21-9-15-3-2-8-28-15)18-23-19(27-24-18)13-4-6-14(20)7-5-13/h2-8,10H,9,11H2,1H3,(H,21,26). The van der Waals surface area contributed by atoms with Gasteiger partial charge in [0.25, 0.3) is 5.89 Å². The summed E-state index contributed by atoms with van der Waals surface area (Å²) in [7, 11) is 0. The van der Waals surface area contributed by atoms with Crippen molar-refractivity contribution in [2.45, 2.75) is 20.0 Å². The fourth-order valence-corrected chi connectivity index (χ4v) is 3.27. The zero-order chi connectivity index (χ0) is 19.5. The average Bonchev–Trinajstić information content (AvgIpc) is 3.42. The second-order valence-corrected chi connectivity index (χ2v) is 7.12. The minimum Gasteiger partial charge on any atom is -0.350 e. The highest BCUT2D eigenvalue weighted by Crippen LogP contribution is 2.22. The van der Waals surface area contributed by atoms with Gasteiger partial charge >= 0.3 is 0 Å². The van der Waals surface area contributed by atoms with Crippen LogP contribution in [-0.2, 0) is 17.9 Å². The van der Waals surface area contributed by atoms with E-state index in [4.69, 9.17) is 4.52 Å². The predicted octanol–water partition coefficient (Wildman–Crippen LogP) is 3.43. The van der Waals surface area contributed by atoms with Gasteiger partial charge in [-0.15, -0.1) is 11.3 Å². The second-order valence-electron chi connectivity index (χ2n) is 6.09. The van der Waals surface area contributed by atoms with Crippen LogP contribution >= 0.6 is 11.3 Å². The first-order chi connectivity index (χ1) is 13.6. The van der Waals surface area contributed by atoms with Crippen LogP contribution in [0.3, 0.4) is 0 Å². The molecule has 4 aromatic rings. The molecule has 0 bridgehead atoms. The van der Waals surface area contributed by atoms with Crippen LogP contribution in [0.1, 0.15) is 10.7 Å². The first-order valence-corrected chi connectivity index (χ1v) is 9.39. The Morgan fingerprint density at radius 3 is 2.82 bits per heavy atom. The molecule has 3 heterocycles. The fraction of sp³-hybridized carbons (Fsp3) is 0.158. The number of carbonyl (C=O) groups excluding carboxylic acids is 1. The van der Waals surface area contributed by atoms with Crippen molar-refractivity contribution in [2.24, 2.45) is 0 Å². The minimum atomic E-state index is -0.338. The predicted molar refractivity (Wildman–Crippen MR) is 102 cm³/mol. The molecule has 0 aliphatic heterocycles. The number of carbonyl (C=O) groups is 1. The number of benzene rings is 1. The summed E-state index contributed by atoms with van der Waals surface area (Å²) in [4.78, 5) is 22.0. The van der Waals surface area contributed by atoms with Crippen LogP contribution in [0.2, 0.25) is 0 Å². The van der Waals surface area contributed by atoms with Crippen LogP contribution in [0.5, 0.6) is 0 Å². The quantitative estimate of drug-likeness (QED) is 0.539. The molecule has 1 amide bonds. The van der Waals surface area contributed by atoms with Gasteiger partial charge in [-0.25, -0.2) is 9.37 Å². The molecule has 0 saturated carbocycles. The van der Waals surface area contributed by atoms with Crippen LogP contribution in [0, 0.1) is 12.7 Å². The summed E-state index contributed by atoms with van der Waals surface area (Å²) < 4.78 is 20.0. The van der Waals surface area contributed by atoms with Crippen LogP contribution in [0.4, 0.5) is 4.39 Å². The largest absolute Gasteiger partial charge is 0.350 e. The number of halogens is 1. The molecule has 0 aliphatic rings. The number of nitrogens with zero attached hydrogens (tertiary/aromatic N) is 4. The summed E-state index contributed by atoms with van der Waals surface area (Å²) in [5.74, 6) is 0.793. The highest BCUT2D eigenvalue weighted by Gasteiger charge is 2.16. The molecule has 0 saturated heterocycles. The van der Waals surface area contributed by atoms with E-state index in [2.05, 4.69) is 20.4 Å². The molecular weight excluding hydrogens is 381 g/mol. The Labute approximate surface area is 163 Å². The fourth-order valence-electron chi connectivity index (χ4n) is 2.62. The molecule has 0 spiro atoms. The van der Waals surface area contributed by atoms with E-state index in [1.807, 2.05) is 17.5 Å². The van der Waals surface area contributed by atoms with Gasteiger partial charge < -0.3 is 14.4 Å². The first kappa shape index (κ1) is 18.1. The van der Waals surface area contributed by atoms with E-state index in [1.165, 1.54) is 12.1 Å². The molecule has 9 heteroatoms. The smallest absolute Gasteiger partial charge is 0.258 e. The normalized spacial score (nSPS) is 10.9. The van der Waals surface area contributed by atoms with Crippen LogP contribution in [0.25, 0.3) is 23.0 Å². The number of hydrogen-bond acceptors (Lipinski definition) is 6. The molecule has 0 unspecified atom stereocenters. The summed E-state index contributed by atoms with van der Waals surface area (Å²) >= 11 is 1.60. The number of aromatic nitrogens is 4. The second kappa shape index (κ2) is 7.73. The van der Waals surface area contributed by atoms with E-state index in [-0.39, 0.29) is 24.2 Å². The highest BCUT2D eigenvalue weighted by molar-refractivity contribution is 7.09. The SMILES string of the molecule is Cc1nc(-c2noc(-c3ccc(F)cc3)n2)cn1CC(=O)NCc1cccs1. The third kappa shape index (κ3) is 3.99. The Balaban J connectivity index is 1.45. The third-order valence-electron chi connectivity index (χ3n) is 4.08. The summed E-state index contributed by atoms with van der Waals surface area (Å²) in [5, 5.41) is 8.79. The van der Waals surface area contributed by atoms with Crippen molar-refractivity contribution in [2.75, 3.05) is 0 Å². The third-order valence-corrected chi connectivity index (χ3v) is 4.95. The highest BCUT2D eigenvalue weighted by atomic mass is 32.1. The van der Waals surface area contributed by atoms with Crippen molar-refractivity contribution in [1.82, 2.24) is 25.0 Å². The molecule has 0 aliphatic carbocycles. The molecule has 3 aromatic heterocycles. The van der Waals surface area contributed by atoms with Crippen molar-refractivity contribution in [3.8, 4) is 23.0 Å². The van der Waals surface area contributed by atoms with E-state index in [0.29, 0.717) is 29.5 Å². The Hall–Kier alpha value is -3.33. The molecule has 7 nitrogen and oxygen atoms in total. The topological polar surface area (TPSA) is 85.8 Å². The number of hydrogen-bond donors (Lipinski definition) is 1. The lowest BCUT2D eigenvalue weighted by atomic mass is 10.2. The Morgan fingerprint density at radius 2 is 2.07 bits per heavy atom.